The molecule has 3 rings (SSSR count). The Kier molecular flexibility index (Phi) is 6.87. The van der Waals surface area contributed by atoms with E-state index in [0.29, 0.717) is 16.9 Å². The minimum absolute atomic E-state index is 0.0662. The normalized spacial score (nSPS) is 15.8. The Morgan fingerprint density at radius 1 is 1.13 bits per heavy atom. The highest BCUT2D eigenvalue weighted by Crippen LogP contribution is 2.31. The first-order valence-corrected chi connectivity index (χ1v) is 10.5. The first-order chi connectivity index (χ1) is 14.4. The molecule has 0 aliphatic carbocycles. The summed E-state index contributed by atoms with van der Waals surface area (Å²) in [6, 6.07) is 14.5. The van der Waals surface area contributed by atoms with Crippen LogP contribution in [-0.4, -0.2) is 42.3 Å². The molecule has 0 aromatic heterocycles. The van der Waals surface area contributed by atoms with E-state index in [9.17, 15) is 14.4 Å². The van der Waals surface area contributed by atoms with Gasteiger partial charge in [-0.1, -0.05) is 37.6 Å². The third-order valence-electron chi connectivity index (χ3n) is 5.37. The SMILES string of the molecule is CCCCc1ccc(C(=O)N(C)CC(=O)N2c3ccccc3NC(=O)C[C@@H]2C)cc1. The van der Waals surface area contributed by atoms with Crippen LogP contribution in [0, 0.1) is 0 Å². The van der Waals surface area contributed by atoms with Gasteiger partial charge in [0.25, 0.3) is 5.91 Å². The van der Waals surface area contributed by atoms with Crippen LogP contribution < -0.4 is 10.2 Å². The van der Waals surface area contributed by atoms with Crippen LogP contribution in [0.4, 0.5) is 11.4 Å². The maximum Gasteiger partial charge on any atom is 0.254 e. The summed E-state index contributed by atoms with van der Waals surface area (Å²) < 4.78 is 0. The van der Waals surface area contributed by atoms with Crippen LogP contribution in [0.1, 0.15) is 49.0 Å². The number of benzene rings is 2. The molecule has 2 aromatic carbocycles. The number of rotatable bonds is 6. The summed E-state index contributed by atoms with van der Waals surface area (Å²) in [6.07, 6.45) is 3.45. The van der Waals surface area contributed by atoms with E-state index in [1.807, 2.05) is 49.4 Å². The van der Waals surface area contributed by atoms with E-state index in [2.05, 4.69) is 12.2 Å². The maximum absolute atomic E-state index is 13.1. The molecule has 1 atom stereocenters. The summed E-state index contributed by atoms with van der Waals surface area (Å²) in [6.45, 7) is 3.93. The zero-order valence-electron chi connectivity index (χ0n) is 17.9. The molecule has 0 bridgehead atoms. The number of carbonyl (C=O) groups is 3. The van der Waals surface area contributed by atoms with Crippen molar-refractivity contribution in [3.05, 3.63) is 59.7 Å². The van der Waals surface area contributed by atoms with Gasteiger partial charge in [0.1, 0.15) is 6.54 Å². The van der Waals surface area contributed by atoms with Crippen LogP contribution in [0.5, 0.6) is 0 Å². The predicted molar refractivity (Wildman–Crippen MR) is 119 cm³/mol. The quantitative estimate of drug-likeness (QED) is 0.790. The molecular formula is C24H29N3O3. The van der Waals surface area contributed by atoms with Crippen LogP contribution in [0.3, 0.4) is 0 Å². The van der Waals surface area contributed by atoms with Gasteiger partial charge in [-0.25, -0.2) is 0 Å². The molecule has 3 amide bonds. The van der Waals surface area contributed by atoms with Crippen molar-refractivity contribution in [3.63, 3.8) is 0 Å². The van der Waals surface area contributed by atoms with Crippen LogP contribution in [0.2, 0.25) is 0 Å². The van der Waals surface area contributed by atoms with Gasteiger partial charge in [0.15, 0.2) is 0 Å². The van der Waals surface area contributed by atoms with E-state index in [4.69, 9.17) is 0 Å². The number of para-hydroxylation sites is 2. The van der Waals surface area contributed by atoms with Crippen molar-refractivity contribution in [2.45, 2.75) is 45.6 Å². The first kappa shape index (κ1) is 21.6. The number of nitrogens with one attached hydrogen (secondary N) is 1. The Labute approximate surface area is 177 Å². The number of aryl methyl sites for hydroxylation is 1. The Hall–Kier alpha value is -3.15. The van der Waals surface area contributed by atoms with Crippen molar-refractivity contribution in [3.8, 4) is 0 Å². The molecule has 0 saturated heterocycles. The van der Waals surface area contributed by atoms with Crippen LogP contribution >= 0.6 is 0 Å². The predicted octanol–water partition coefficient (Wildman–Crippen LogP) is 3.87. The minimum Gasteiger partial charge on any atom is -0.332 e. The second-order valence-corrected chi connectivity index (χ2v) is 7.84. The van der Waals surface area contributed by atoms with Crippen molar-refractivity contribution >= 4 is 29.1 Å². The average molecular weight is 408 g/mol. The van der Waals surface area contributed by atoms with E-state index in [-0.39, 0.29) is 36.7 Å². The topological polar surface area (TPSA) is 69.7 Å². The Bertz CT molecular complexity index is 924. The van der Waals surface area contributed by atoms with Crippen molar-refractivity contribution in [2.75, 3.05) is 23.8 Å². The molecular weight excluding hydrogens is 378 g/mol. The number of nitrogens with zero attached hydrogens (tertiary/aromatic N) is 2. The molecule has 0 spiro atoms. The summed E-state index contributed by atoms with van der Waals surface area (Å²) >= 11 is 0. The number of anilines is 2. The fourth-order valence-electron chi connectivity index (χ4n) is 3.73. The monoisotopic (exact) mass is 407 g/mol. The second-order valence-electron chi connectivity index (χ2n) is 7.84. The lowest BCUT2D eigenvalue weighted by Crippen LogP contribution is -2.45. The lowest BCUT2D eigenvalue weighted by molar-refractivity contribution is -0.119. The smallest absolute Gasteiger partial charge is 0.254 e. The lowest BCUT2D eigenvalue weighted by atomic mass is 10.1. The summed E-state index contributed by atoms with van der Waals surface area (Å²) in [4.78, 5) is 41.1. The Morgan fingerprint density at radius 2 is 1.83 bits per heavy atom. The van der Waals surface area contributed by atoms with Gasteiger partial charge in [-0.3, -0.25) is 14.4 Å². The summed E-state index contributed by atoms with van der Waals surface area (Å²) in [5.41, 5.74) is 3.03. The van der Waals surface area contributed by atoms with Gasteiger partial charge in [0.2, 0.25) is 11.8 Å². The number of unbranched alkanes of at least 4 members (excludes halogenated alkanes) is 1. The van der Waals surface area contributed by atoms with Crippen LogP contribution in [0.15, 0.2) is 48.5 Å². The van der Waals surface area contributed by atoms with Gasteiger partial charge < -0.3 is 15.1 Å². The van der Waals surface area contributed by atoms with E-state index in [0.717, 1.165) is 19.3 Å². The average Bonchev–Trinajstić information content (AvgIpc) is 2.86. The Morgan fingerprint density at radius 3 is 2.53 bits per heavy atom. The highest BCUT2D eigenvalue weighted by molar-refractivity contribution is 6.06. The Balaban J connectivity index is 1.73. The van der Waals surface area contributed by atoms with E-state index in [1.165, 1.54) is 10.5 Å². The molecule has 1 N–H and O–H groups in total. The fraction of sp³-hybridized carbons (Fsp3) is 0.375. The van der Waals surface area contributed by atoms with Crippen LogP contribution in [0.25, 0.3) is 0 Å². The number of amides is 3. The molecule has 2 aromatic rings. The van der Waals surface area contributed by atoms with E-state index < -0.39 is 0 Å². The maximum atomic E-state index is 13.1. The number of hydrogen-bond donors (Lipinski definition) is 1. The molecule has 0 unspecified atom stereocenters. The molecule has 1 aliphatic rings. The molecule has 0 fully saturated rings. The van der Waals surface area contributed by atoms with Gasteiger partial charge in [-0.05, 0) is 49.6 Å². The van der Waals surface area contributed by atoms with Gasteiger partial charge >= 0.3 is 0 Å². The largest absolute Gasteiger partial charge is 0.332 e. The molecule has 1 heterocycles. The van der Waals surface area contributed by atoms with Gasteiger partial charge in [0, 0.05) is 25.1 Å². The molecule has 1 aliphatic heterocycles. The van der Waals surface area contributed by atoms with Crippen LogP contribution in [-0.2, 0) is 16.0 Å². The van der Waals surface area contributed by atoms with E-state index >= 15 is 0 Å². The highest BCUT2D eigenvalue weighted by Gasteiger charge is 2.30. The van der Waals surface area contributed by atoms with Crippen molar-refractivity contribution in [2.24, 2.45) is 0 Å². The van der Waals surface area contributed by atoms with Crippen molar-refractivity contribution in [1.82, 2.24) is 4.90 Å². The number of likely N-dealkylation sites (N-methyl/N-ethyl adjacent to an activating group) is 1. The van der Waals surface area contributed by atoms with E-state index in [1.54, 1.807) is 18.0 Å². The second kappa shape index (κ2) is 9.57. The first-order valence-electron chi connectivity index (χ1n) is 10.5. The van der Waals surface area contributed by atoms with Gasteiger partial charge in [-0.2, -0.15) is 0 Å². The summed E-state index contributed by atoms with van der Waals surface area (Å²) in [5, 5.41) is 2.85. The summed E-state index contributed by atoms with van der Waals surface area (Å²) in [5.74, 6) is -0.546. The van der Waals surface area contributed by atoms with Gasteiger partial charge in [-0.15, -0.1) is 0 Å². The van der Waals surface area contributed by atoms with Crippen molar-refractivity contribution < 1.29 is 14.4 Å². The molecule has 30 heavy (non-hydrogen) atoms. The highest BCUT2D eigenvalue weighted by atomic mass is 16.2. The zero-order chi connectivity index (χ0) is 21.7. The lowest BCUT2D eigenvalue weighted by Gasteiger charge is -2.29. The molecule has 0 radical (unpaired) electrons. The zero-order valence-corrected chi connectivity index (χ0v) is 17.9. The molecule has 6 heteroatoms. The van der Waals surface area contributed by atoms with Crippen molar-refractivity contribution in [1.29, 1.82) is 0 Å². The molecule has 6 nitrogen and oxygen atoms in total. The molecule has 158 valence electrons. The van der Waals surface area contributed by atoms with Gasteiger partial charge in [0.05, 0.1) is 11.4 Å². The standard InChI is InChI=1S/C24H29N3O3/c1-4-5-8-18-11-13-19(14-12-18)24(30)26(3)16-23(29)27-17(2)15-22(28)25-20-9-6-7-10-21(20)27/h6-7,9-14,17H,4-5,8,15-16H2,1-3H3,(H,25,28)/t17-/m0/s1. The third kappa shape index (κ3) is 4.87. The number of carbonyl (C=O) groups excluding carboxylic acids is 3. The number of hydrogen-bond acceptors (Lipinski definition) is 3. The minimum atomic E-state index is -0.303. The fourth-order valence-corrected chi connectivity index (χ4v) is 3.73. The summed E-state index contributed by atoms with van der Waals surface area (Å²) in [7, 11) is 1.63. The third-order valence-corrected chi connectivity index (χ3v) is 5.37. The number of fused-ring (bicyclic) bond motifs is 1. The molecule has 0 saturated carbocycles.